The average Bonchev–Trinajstić information content (AvgIpc) is 3.07. The lowest BCUT2D eigenvalue weighted by Crippen LogP contribution is -2.34. The second-order valence-electron chi connectivity index (χ2n) is 5.19. The summed E-state index contributed by atoms with van der Waals surface area (Å²) >= 11 is 3.50. The predicted molar refractivity (Wildman–Crippen MR) is 72.6 cm³/mol. The monoisotopic (exact) mass is 309 g/mol. The Kier molecular flexibility index (Phi) is 3.16. The summed E-state index contributed by atoms with van der Waals surface area (Å²) in [5, 5.41) is 9.06. The summed E-state index contributed by atoms with van der Waals surface area (Å²) in [6, 6.07) is 7.16. The van der Waals surface area contributed by atoms with Gasteiger partial charge in [-0.3, -0.25) is 9.69 Å². The number of halogens is 1. The molecule has 0 amide bonds. The summed E-state index contributed by atoms with van der Waals surface area (Å²) < 4.78 is 1.11. The van der Waals surface area contributed by atoms with Crippen LogP contribution in [0.25, 0.3) is 0 Å². The fraction of sp³-hybridized carbons (Fsp3) is 0.500. The van der Waals surface area contributed by atoms with Gasteiger partial charge in [-0.2, -0.15) is 0 Å². The van der Waals surface area contributed by atoms with Crippen molar-refractivity contribution in [2.24, 2.45) is 0 Å². The predicted octanol–water partition coefficient (Wildman–Crippen LogP) is 2.99. The van der Waals surface area contributed by atoms with Gasteiger partial charge in [0, 0.05) is 16.6 Å². The first kappa shape index (κ1) is 12.2. The fourth-order valence-electron chi connectivity index (χ4n) is 2.96. The van der Waals surface area contributed by atoms with Crippen LogP contribution in [0, 0.1) is 0 Å². The van der Waals surface area contributed by atoms with Crippen molar-refractivity contribution >= 4 is 21.9 Å². The molecule has 3 rings (SSSR count). The Morgan fingerprint density at radius 1 is 1.39 bits per heavy atom. The number of aliphatic carboxylic acids is 1. The smallest absolute Gasteiger partial charge is 0.317 e. The van der Waals surface area contributed by atoms with E-state index < -0.39 is 5.97 Å². The number of hydrogen-bond acceptors (Lipinski definition) is 2. The Morgan fingerprint density at radius 3 is 2.83 bits per heavy atom. The Labute approximate surface area is 115 Å². The van der Waals surface area contributed by atoms with Crippen LogP contribution in [0.15, 0.2) is 22.7 Å². The quantitative estimate of drug-likeness (QED) is 0.929. The van der Waals surface area contributed by atoms with E-state index in [1.54, 1.807) is 0 Å². The number of carboxylic acid groups (broad SMARTS) is 1. The van der Waals surface area contributed by atoms with Gasteiger partial charge >= 0.3 is 5.97 Å². The third-order valence-corrected chi connectivity index (χ3v) is 4.38. The van der Waals surface area contributed by atoms with Gasteiger partial charge in [0.2, 0.25) is 0 Å². The van der Waals surface area contributed by atoms with Crippen LogP contribution >= 0.6 is 15.9 Å². The first-order valence-electron chi connectivity index (χ1n) is 6.41. The summed E-state index contributed by atoms with van der Waals surface area (Å²) in [5.41, 5.74) is 2.69. The number of carbonyl (C=O) groups is 1. The zero-order valence-corrected chi connectivity index (χ0v) is 11.7. The highest BCUT2D eigenvalue weighted by Gasteiger charge is 2.38. The average molecular weight is 310 g/mol. The lowest BCUT2D eigenvalue weighted by Gasteiger charge is -2.28. The third kappa shape index (κ3) is 2.31. The van der Waals surface area contributed by atoms with Crippen molar-refractivity contribution in [1.29, 1.82) is 0 Å². The molecule has 2 aliphatic rings. The van der Waals surface area contributed by atoms with Crippen molar-refractivity contribution in [2.45, 2.75) is 37.8 Å². The van der Waals surface area contributed by atoms with Gasteiger partial charge in [-0.15, -0.1) is 0 Å². The lowest BCUT2D eigenvalue weighted by atomic mass is 10.1. The Morgan fingerprint density at radius 2 is 2.17 bits per heavy atom. The van der Waals surface area contributed by atoms with Crippen molar-refractivity contribution in [2.75, 3.05) is 6.54 Å². The molecule has 3 nitrogen and oxygen atoms in total. The van der Waals surface area contributed by atoms with E-state index in [1.807, 2.05) is 0 Å². The minimum absolute atomic E-state index is 0.171. The van der Waals surface area contributed by atoms with Gasteiger partial charge in [0.1, 0.15) is 0 Å². The van der Waals surface area contributed by atoms with Crippen molar-refractivity contribution in [3.63, 3.8) is 0 Å². The lowest BCUT2D eigenvalue weighted by molar-refractivity contribution is -0.139. The molecule has 1 atom stereocenters. The Hall–Kier alpha value is -0.870. The topological polar surface area (TPSA) is 40.5 Å². The van der Waals surface area contributed by atoms with Crippen molar-refractivity contribution in [3.8, 4) is 0 Å². The van der Waals surface area contributed by atoms with Crippen LogP contribution < -0.4 is 0 Å². The van der Waals surface area contributed by atoms with Crippen LogP contribution in [0.4, 0.5) is 0 Å². The molecule has 1 unspecified atom stereocenters. The molecular formula is C14H16BrNO2. The SMILES string of the molecule is O=C(O)CN(C1CC1)C1CCc2cc(Br)ccc21. The van der Waals surface area contributed by atoms with Crippen molar-refractivity contribution < 1.29 is 9.90 Å². The van der Waals surface area contributed by atoms with Crippen LogP contribution in [0.5, 0.6) is 0 Å². The molecular weight excluding hydrogens is 294 g/mol. The van der Waals surface area contributed by atoms with Gasteiger partial charge in [-0.05, 0) is 48.9 Å². The van der Waals surface area contributed by atoms with E-state index >= 15 is 0 Å². The molecule has 96 valence electrons. The molecule has 1 aromatic carbocycles. The highest BCUT2D eigenvalue weighted by Crippen LogP contribution is 2.42. The molecule has 1 fully saturated rings. The molecule has 2 aliphatic carbocycles. The van der Waals surface area contributed by atoms with E-state index in [1.165, 1.54) is 11.1 Å². The van der Waals surface area contributed by atoms with E-state index in [0.29, 0.717) is 12.1 Å². The minimum atomic E-state index is -0.715. The van der Waals surface area contributed by atoms with Crippen LogP contribution in [0.2, 0.25) is 0 Å². The fourth-order valence-corrected chi connectivity index (χ4v) is 3.37. The molecule has 4 heteroatoms. The van der Waals surface area contributed by atoms with Gasteiger partial charge in [0.15, 0.2) is 0 Å². The second-order valence-corrected chi connectivity index (χ2v) is 6.11. The highest BCUT2D eigenvalue weighted by atomic mass is 79.9. The van der Waals surface area contributed by atoms with Crippen LogP contribution in [0.1, 0.15) is 36.4 Å². The largest absolute Gasteiger partial charge is 0.480 e. The number of carboxylic acids is 1. The first-order valence-corrected chi connectivity index (χ1v) is 7.20. The zero-order chi connectivity index (χ0) is 12.7. The summed E-state index contributed by atoms with van der Waals surface area (Å²) in [7, 11) is 0. The molecule has 18 heavy (non-hydrogen) atoms. The van der Waals surface area contributed by atoms with E-state index in [0.717, 1.165) is 30.2 Å². The van der Waals surface area contributed by atoms with Gasteiger partial charge in [0.05, 0.1) is 6.54 Å². The molecule has 0 bridgehead atoms. The maximum absolute atomic E-state index is 11.0. The number of fused-ring (bicyclic) bond motifs is 1. The molecule has 0 aliphatic heterocycles. The number of nitrogens with zero attached hydrogens (tertiary/aromatic N) is 1. The van der Waals surface area contributed by atoms with Crippen LogP contribution in [0.3, 0.4) is 0 Å². The van der Waals surface area contributed by atoms with Crippen LogP contribution in [-0.2, 0) is 11.2 Å². The van der Waals surface area contributed by atoms with E-state index in [4.69, 9.17) is 5.11 Å². The van der Waals surface area contributed by atoms with Crippen molar-refractivity contribution in [3.05, 3.63) is 33.8 Å². The van der Waals surface area contributed by atoms with Gasteiger partial charge in [-0.1, -0.05) is 22.0 Å². The Balaban J connectivity index is 1.87. The normalized spacial score (nSPS) is 22.2. The molecule has 0 radical (unpaired) electrons. The molecule has 1 N–H and O–H groups in total. The third-order valence-electron chi connectivity index (χ3n) is 3.89. The van der Waals surface area contributed by atoms with Crippen LogP contribution in [-0.4, -0.2) is 28.6 Å². The number of benzene rings is 1. The van der Waals surface area contributed by atoms with E-state index in [-0.39, 0.29) is 6.54 Å². The number of hydrogen-bond donors (Lipinski definition) is 1. The molecule has 0 heterocycles. The molecule has 1 saturated carbocycles. The standard InChI is InChI=1S/C14H16BrNO2/c15-10-2-5-12-9(7-10)1-6-13(12)16(8-14(17)18)11-3-4-11/h2,5,7,11,13H,1,3-4,6,8H2,(H,17,18). The zero-order valence-electron chi connectivity index (χ0n) is 10.1. The second kappa shape index (κ2) is 4.67. The number of aryl methyl sites for hydroxylation is 1. The van der Waals surface area contributed by atoms with E-state index in [2.05, 4.69) is 39.0 Å². The van der Waals surface area contributed by atoms with Gasteiger partial charge in [0.25, 0.3) is 0 Å². The molecule has 0 saturated heterocycles. The minimum Gasteiger partial charge on any atom is -0.480 e. The van der Waals surface area contributed by atoms with Crippen molar-refractivity contribution in [1.82, 2.24) is 4.90 Å². The maximum atomic E-state index is 11.0. The van der Waals surface area contributed by atoms with Gasteiger partial charge < -0.3 is 5.11 Å². The molecule has 1 aromatic rings. The van der Waals surface area contributed by atoms with E-state index in [9.17, 15) is 4.79 Å². The summed E-state index contributed by atoms with van der Waals surface area (Å²) in [6.45, 7) is 0.171. The highest BCUT2D eigenvalue weighted by molar-refractivity contribution is 9.10. The van der Waals surface area contributed by atoms with Gasteiger partial charge in [-0.25, -0.2) is 0 Å². The summed E-state index contributed by atoms with van der Waals surface area (Å²) in [5.74, 6) is -0.715. The summed E-state index contributed by atoms with van der Waals surface area (Å²) in [4.78, 5) is 13.2. The maximum Gasteiger partial charge on any atom is 0.317 e. The molecule has 0 spiro atoms. The number of rotatable bonds is 4. The Bertz CT molecular complexity index is 485. The summed E-state index contributed by atoms with van der Waals surface area (Å²) in [6.07, 6.45) is 4.41. The molecule has 0 aromatic heterocycles. The first-order chi connectivity index (χ1) is 8.65.